The second-order valence-electron chi connectivity index (χ2n) is 3.73. The van der Waals surface area contributed by atoms with Crippen molar-refractivity contribution in [3.05, 3.63) is 23.8 Å². The highest BCUT2D eigenvalue weighted by Gasteiger charge is 2.31. The highest BCUT2D eigenvalue weighted by atomic mass is 35.5. The summed E-state index contributed by atoms with van der Waals surface area (Å²) in [6.07, 6.45) is -4.51. The Hall–Kier alpha value is -1.47. The molecule has 0 spiro atoms. The van der Waals surface area contributed by atoms with Crippen LogP contribution in [0.25, 0.3) is 0 Å². The van der Waals surface area contributed by atoms with E-state index in [0.717, 1.165) is 18.2 Å². The molecule has 1 rings (SSSR count). The molecule has 0 aliphatic carbocycles. The molecule has 1 amide bonds. The molecule has 0 unspecified atom stereocenters. The van der Waals surface area contributed by atoms with E-state index in [0.29, 0.717) is 0 Å². The third-order valence-corrected chi connectivity index (χ3v) is 2.49. The van der Waals surface area contributed by atoms with E-state index >= 15 is 0 Å². The predicted molar refractivity (Wildman–Crippen MR) is 68.2 cm³/mol. The number of alkyl halides is 4. The average molecular weight is 312 g/mol. The first-order chi connectivity index (χ1) is 9.38. The Morgan fingerprint density at radius 1 is 1.35 bits per heavy atom. The Bertz CT molecular complexity index is 466. The number of rotatable bonds is 6. The van der Waals surface area contributed by atoms with Gasteiger partial charge in [0, 0.05) is 7.11 Å². The van der Waals surface area contributed by atoms with Crippen LogP contribution in [0.4, 0.5) is 18.9 Å². The van der Waals surface area contributed by atoms with Crippen LogP contribution < -0.4 is 10.1 Å². The minimum atomic E-state index is -4.51. The molecule has 0 aliphatic heterocycles. The topological polar surface area (TPSA) is 47.6 Å². The van der Waals surface area contributed by atoms with Gasteiger partial charge in [-0.15, -0.1) is 11.6 Å². The molecule has 0 aromatic heterocycles. The predicted octanol–water partition coefficient (Wildman–Crippen LogP) is 2.91. The molecular weight excluding hydrogens is 299 g/mol. The quantitative estimate of drug-likeness (QED) is 0.649. The normalized spacial score (nSPS) is 11.2. The lowest BCUT2D eigenvalue weighted by Gasteiger charge is -2.14. The first kappa shape index (κ1) is 16.6. The van der Waals surface area contributed by atoms with Gasteiger partial charge in [0.1, 0.15) is 18.2 Å². The molecular formula is C12H13ClF3NO3. The third kappa shape index (κ3) is 4.90. The highest BCUT2D eigenvalue weighted by Crippen LogP contribution is 2.35. The molecule has 0 radical (unpaired) electrons. The molecule has 0 aliphatic rings. The molecule has 0 fully saturated rings. The molecule has 0 bridgehead atoms. The Balaban J connectivity index is 3.00. The number of anilines is 1. The van der Waals surface area contributed by atoms with Gasteiger partial charge in [0.25, 0.3) is 0 Å². The summed E-state index contributed by atoms with van der Waals surface area (Å²) in [5.41, 5.74) is -0.969. The summed E-state index contributed by atoms with van der Waals surface area (Å²) < 4.78 is 47.9. The van der Waals surface area contributed by atoms with Crippen LogP contribution in [-0.2, 0) is 15.7 Å². The number of methoxy groups -OCH3 is 1. The summed E-state index contributed by atoms with van der Waals surface area (Å²) in [5, 5.41) is 2.26. The summed E-state index contributed by atoms with van der Waals surface area (Å²) in [7, 11) is 1.46. The number of nitrogens with one attached hydrogen (secondary N) is 1. The molecule has 1 aromatic carbocycles. The van der Waals surface area contributed by atoms with E-state index < -0.39 is 17.6 Å². The van der Waals surface area contributed by atoms with Gasteiger partial charge < -0.3 is 14.8 Å². The zero-order valence-corrected chi connectivity index (χ0v) is 11.3. The van der Waals surface area contributed by atoms with Gasteiger partial charge in [-0.25, -0.2) is 0 Å². The molecule has 112 valence electrons. The van der Waals surface area contributed by atoms with E-state index in [1.54, 1.807) is 0 Å². The second kappa shape index (κ2) is 7.35. The van der Waals surface area contributed by atoms with Gasteiger partial charge in [0.2, 0.25) is 5.91 Å². The molecule has 0 heterocycles. The molecule has 1 aromatic rings. The van der Waals surface area contributed by atoms with Gasteiger partial charge in [-0.3, -0.25) is 4.79 Å². The summed E-state index contributed by atoms with van der Waals surface area (Å²) in [6, 6.07) is 2.81. The van der Waals surface area contributed by atoms with Crippen LogP contribution in [0.15, 0.2) is 18.2 Å². The van der Waals surface area contributed by atoms with Crippen LogP contribution in [0.1, 0.15) is 5.56 Å². The van der Waals surface area contributed by atoms with Crippen molar-refractivity contribution in [2.24, 2.45) is 0 Å². The Labute approximate surface area is 118 Å². The molecule has 1 N–H and O–H groups in total. The monoisotopic (exact) mass is 311 g/mol. The SMILES string of the molecule is COCCOc1ccc(C(F)(F)F)cc1NC(=O)CCl. The smallest absolute Gasteiger partial charge is 0.416 e. The van der Waals surface area contributed by atoms with Crippen LogP contribution in [0.5, 0.6) is 5.75 Å². The average Bonchev–Trinajstić information content (AvgIpc) is 2.39. The fourth-order valence-corrected chi connectivity index (χ4v) is 1.42. The zero-order chi connectivity index (χ0) is 15.2. The highest BCUT2D eigenvalue weighted by molar-refractivity contribution is 6.29. The van der Waals surface area contributed by atoms with Crippen LogP contribution in [0.3, 0.4) is 0 Å². The van der Waals surface area contributed by atoms with E-state index in [4.69, 9.17) is 21.1 Å². The number of halogens is 4. The number of ether oxygens (including phenoxy) is 2. The van der Waals surface area contributed by atoms with Crippen molar-refractivity contribution in [1.82, 2.24) is 0 Å². The van der Waals surface area contributed by atoms with E-state index in [-0.39, 0.29) is 30.5 Å². The van der Waals surface area contributed by atoms with Crippen LogP contribution >= 0.6 is 11.6 Å². The molecule has 0 saturated heterocycles. The summed E-state index contributed by atoms with van der Waals surface area (Å²) in [5.74, 6) is -0.871. The van der Waals surface area contributed by atoms with Crippen molar-refractivity contribution < 1.29 is 27.4 Å². The lowest BCUT2D eigenvalue weighted by molar-refractivity contribution is -0.137. The molecule has 8 heteroatoms. The minimum Gasteiger partial charge on any atom is -0.489 e. The number of amides is 1. The van der Waals surface area contributed by atoms with Gasteiger partial charge in [-0.2, -0.15) is 13.2 Å². The van der Waals surface area contributed by atoms with Crippen LogP contribution in [0, 0.1) is 0 Å². The van der Waals surface area contributed by atoms with Gasteiger partial charge >= 0.3 is 6.18 Å². The molecule has 0 atom stereocenters. The fourth-order valence-electron chi connectivity index (χ4n) is 1.35. The molecule has 0 saturated carbocycles. The van der Waals surface area contributed by atoms with Gasteiger partial charge in [0.05, 0.1) is 17.9 Å². The third-order valence-electron chi connectivity index (χ3n) is 2.25. The van der Waals surface area contributed by atoms with Gasteiger partial charge in [-0.05, 0) is 18.2 Å². The summed E-state index contributed by atoms with van der Waals surface area (Å²) in [6.45, 7) is 0.412. The molecule has 20 heavy (non-hydrogen) atoms. The van der Waals surface area contributed by atoms with Crippen molar-refractivity contribution >= 4 is 23.2 Å². The van der Waals surface area contributed by atoms with E-state index in [1.807, 2.05) is 0 Å². The van der Waals surface area contributed by atoms with Crippen LogP contribution in [0.2, 0.25) is 0 Å². The Kier molecular flexibility index (Phi) is 6.09. The van der Waals surface area contributed by atoms with E-state index in [2.05, 4.69) is 5.32 Å². The van der Waals surface area contributed by atoms with Gasteiger partial charge in [-0.1, -0.05) is 0 Å². The number of carbonyl (C=O) groups excluding carboxylic acids is 1. The zero-order valence-electron chi connectivity index (χ0n) is 10.6. The maximum atomic E-state index is 12.6. The van der Waals surface area contributed by atoms with E-state index in [1.165, 1.54) is 7.11 Å². The maximum Gasteiger partial charge on any atom is 0.416 e. The summed E-state index contributed by atoms with van der Waals surface area (Å²) >= 11 is 5.32. The van der Waals surface area contributed by atoms with Crippen molar-refractivity contribution in [2.45, 2.75) is 6.18 Å². The van der Waals surface area contributed by atoms with Crippen molar-refractivity contribution in [3.8, 4) is 5.75 Å². The fraction of sp³-hybridized carbons (Fsp3) is 0.417. The van der Waals surface area contributed by atoms with Crippen molar-refractivity contribution in [3.63, 3.8) is 0 Å². The number of hydrogen-bond donors (Lipinski definition) is 1. The largest absolute Gasteiger partial charge is 0.489 e. The first-order valence-electron chi connectivity index (χ1n) is 5.57. The maximum absolute atomic E-state index is 12.6. The lowest BCUT2D eigenvalue weighted by Crippen LogP contribution is -2.16. The number of benzene rings is 1. The summed E-state index contributed by atoms with van der Waals surface area (Å²) in [4.78, 5) is 11.2. The number of hydrogen-bond acceptors (Lipinski definition) is 3. The standard InChI is InChI=1S/C12H13ClF3NO3/c1-19-4-5-20-10-3-2-8(12(14,15)16)6-9(10)17-11(18)7-13/h2-3,6H,4-5,7H2,1H3,(H,17,18). The first-order valence-corrected chi connectivity index (χ1v) is 6.10. The Morgan fingerprint density at radius 3 is 2.60 bits per heavy atom. The molecule has 4 nitrogen and oxygen atoms in total. The van der Waals surface area contributed by atoms with Gasteiger partial charge in [0.15, 0.2) is 0 Å². The van der Waals surface area contributed by atoms with Crippen molar-refractivity contribution in [1.29, 1.82) is 0 Å². The minimum absolute atomic E-state index is 0.0819. The van der Waals surface area contributed by atoms with Crippen molar-refractivity contribution in [2.75, 3.05) is 31.5 Å². The van der Waals surface area contributed by atoms with E-state index in [9.17, 15) is 18.0 Å². The number of carbonyl (C=O) groups is 1. The second-order valence-corrected chi connectivity index (χ2v) is 4.00. The Morgan fingerprint density at radius 2 is 2.05 bits per heavy atom. The lowest BCUT2D eigenvalue weighted by atomic mass is 10.1. The van der Waals surface area contributed by atoms with Crippen LogP contribution in [-0.4, -0.2) is 32.1 Å².